The van der Waals surface area contributed by atoms with Gasteiger partial charge in [0.15, 0.2) is 0 Å². The van der Waals surface area contributed by atoms with Crippen LogP contribution in [-0.4, -0.2) is 19.7 Å². The van der Waals surface area contributed by atoms with Crippen LogP contribution in [0.2, 0.25) is 0 Å². The maximum atomic E-state index is 6.23. The van der Waals surface area contributed by atoms with E-state index in [1.54, 1.807) is 0 Å². The zero-order valence-corrected chi connectivity index (χ0v) is 16.8. The van der Waals surface area contributed by atoms with Crippen molar-refractivity contribution in [3.63, 3.8) is 0 Å². The second-order valence-corrected chi connectivity index (χ2v) is 11.1. The molecule has 0 bridgehead atoms. The van der Waals surface area contributed by atoms with E-state index in [0.29, 0.717) is 19.7 Å². The smallest absolute Gasteiger partial charge is 0.0722 e. The molecule has 0 aliphatic carbocycles. The maximum Gasteiger partial charge on any atom is 0.0722 e. The molecule has 0 aromatic carbocycles. The van der Waals surface area contributed by atoms with Gasteiger partial charge in [0.2, 0.25) is 0 Å². The Labute approximate surface area is 139 Å². The zero-order valence-electron chi connectivity index (χ0n) is 10.5. The second kappa shape index (κ2) is 11.7. The topological polar surface area (TPSA) is 9.23 Å². The van der Waals surface area contributed by atoms with Crippen LogP contribution in [0.25, 0.3) is 0 Å². The average molecular weight is 502 g/mol. The first kappa shape index (κ1) is 18.9. The van der Waals surface area contributed by atoms with Gasteiger partial charge in [0, 0.05) is 0 Å². The molecule has 17 heavy (non-hydrogen) atoms. The molecule has 2 atom stereocenters. The van der Waals surface area contributed by atoms with Crippen molar-refractivity contribution in [2.24, 2.45) is 0 Å². The van der Waals surface area contributed by atoms with Gasteiger partial charge in [-0.1, -0.05) is 90.4 Å². The molecule has 0 aromatic rings. The molecule has 0 aromatic heterocycles. The Hall–Kier alpha value is 1.88. The van der Waals surface area contributed by atoms with Crippen LogP contribution in [0.4, 0.5) is 0 Å². The predicted molar refractivity (Wildman–Crippen MR) is 91.0 cm³/mol. The van der Waals surface area contributed by atoms with Crippen LogP contribution >= 0.6 is 63.7 Å². The van der Waals surface area contributed by atoms with Crippen molar-refractivity contribution < 1.29 is 4.74 Å². The van der Waals surface area contributed by atoms with Gasteiger partial charge in [0.05, 0.1) is 19.7 Å². The predicted octanol–water partition coefficient (Wildman–Crippen LogP) is 6.35. The Morgan fingerprint density at radius 2 is 1.12 bits per heavy atom. The van der Waals surface area contributed by atoms with Crippen molar-refractivity contribution in [2.75, 3.05) is 0 Å². The monoisotopic (exact) mass is 498 g/mol. The highest BCUT2D eigenvalue weighted by Gasteiger charge is 2.19. The number of alkyl halides is 4. The largest absolute Gasteiger partial charge is 0.375 e. The van der Waals surface area contributed by atoms with Gasteiger partial charge in [0.25, 0.3) is 0 Å². The number of rotatable bonds is 10. The Balaban J connectivity index is 4.22. The highest BCUT2D eigenvalue weighted by molar-refractivity contribution is 9.25. The zero-order chi connectivity index (χ0) is 13.3. The highest BCUT2D eigenvalue weighted by Crippen LogP contribution is 2.25. The lowest BCUT2D eigenvalue weighted by atomic mass is 10.1. The summed E-state index contributed by atoms with van der Waals surface area (Å²) in [6.07, 6.45) is 7.32. The summed E-state index contributed by atoms with van der Waals surface area (Å²) in [6.45, 7) is 4.42. The minimum atomic E-state index is 0.345. The Morgan fingerprint density at radius 1 is 0.765 bits per heavy atom. The normalized spacial score (nSPS) is 15.5. The standard InChI is InChI=1S/C12H22Br4O/c1-3-5-9(7-11(13)14)17-10(6-4-2)8-12(15)16/h9-12H,3-8H2,1-2H3. The molecule has 0 amide bonds. The van der Waals surface area contributed by atoms with E-state index in [2.05, 4.69) is 77.6 Å². The van der Waals surface area contributed by atoms with Crippen LogP contribution in [0.3, 0.4) is 0 Å². The third kappa shape index (κ3) is 11.4. The van der Waals surface area contributed by atoms with Crippen molar-refractivity contribution in [1.29, 1.82) is 0 Å². The average Bonchev–Trinajstić information content (AvgIpc) is 2.16. The molecule has 0 heterocycles. The Kier molecular flexibility index (Phi) is 13.0. The van der Waals surface area contributed by atoms with Gasteiger partial charge in [-0.3, -0.25) is 0 Å². The van der Waals surface area contributed by atoms with E-state index in [1.807, 2.05) is 0 Å². The number of halogens is 4. The molecule has 0 aliphatic rings. The fraction of sp³-hybridized carbons (Fsp3) is 1.00. The van der Waals surface area contributed by atoms with Gasteiger partial charge in [0.1, 0.15) is 0 Å². The molecule has 0 radical (unpaired) electrons. The third-order valence-electron chi connectivity index (χ3n) is 2.49. The molecular formula is C12H22Br4O. The van der Waals surface area contributed by atoms with Gasteiger partial charge in [-0.2, -0.15) is 0 Å². The number of hydrogen-bond acceptors (Lipinski definition) is 1. The molecule has 0 spiro atoms. The minimum Gasteiger partial charge on any atom is -0.375 e. The second-order valence-electron chi connectivity index (χ2n) is 4.21. The summed E-state index contributed by atoms with van der Waals surface area (Å²) in [5.74, 6) is 0. The first-order chi connectivity index (χ1) is 7.99. The minimum absolute atomic E-state index is 0.345. The molecule has 2 unspecified atom stereocenters. The van der Waals surface area contributed by atoms with E-state index in [4.69, 9.17) is 4.74 Å². The quantitative estimate of drug-likeness (QED) is 0.317. The maximum absolute atomic E-state index is 6.23. The molecular weight excluding hydrogens is 480 g/mol. The van der Waals surface area contributed by atoms with E-state index in [-0.39, 0.29) is 0 Å². The fourth-order valence-electron chi connectivity index (χ4n) is 1.80. The van der Waals surface area contributed by atoms with Gasteiger partial charge < -0.3 is 4.74 Å². The molecule has 0 saturated heterocycles. The summed E-state index contributed by atoms with van der Waals surface area (Å²) in [4.78, 5) is 0. The van der Waals surface area contributed by atoms with Crippen molar-refractivity contribution in [3.05, 3.63) is 0 Å². The molecule has 104 valence electrons. The number of hydrogen-bond donors (Lipinski definition) is 0. The van der Waals surface area contributed by atoms with Gasteiger partial charge in [-0.15, -0.1) is 0 Å². The lowest BCUT2D eigenvalue weighted by molar-refractivity contribution is -0.0240. The van der Waals surface area contributed by atoms with Crippen LogP contribution in [0.15, 0.2) is 0 Å². The van der Waals surface area contributed by atoms with Crippen LogP contribution in [0.1, 0.15) is 52.4 Å². The summed E-state index contributed by atoms with van der Waals surface area (Å²) in [5, 5.41) is 0. The third-order valence-corrected chi connectivity index (χ3v) is 3.98. The first-order valence-corrected chi connectivity index (χ1v) is 9.87. The SMILES string of the molecule is CCCC(CC(Br)Br)OC(CCC)CC(Br)Br. The number of ether oxygens (including phenoxy) is 1. The van der Waals surface area contributed by atoms with Crippen LogP contribution < -0.4 is 0 Å². The van der Waals surface area contributed by atoms with Gasteiger partial charge >= 0.3 is 0 Å². The molecule has 0 aliphatic heterocycles. The Morgan fingerprint density at radius 3 is 1.35 bits per heavy atom. The molecule has 0 fully saturated rings. The van der Waals surface area contributed by atoms with E-state index in [0.717, 1.165) is 25.7 Å². The van der Waals surface area contributed by atoms with Gasteiger partial charge in [-0.25, -0.2) is 0 Å². The van der Waals surface area contributed by atoms with E-state index >= 15 is 0 Å². The Bertz CT molecular complexity index is 158. The molecule has 0 rings (SSSR count). The van der Waals surface area contributed by atoms with Crippen molar-refractivity contribution in [3.8, 4) is 0 Å². The molecule has 0 N–H and O–H groups in total. The summed E-state index contributed by atoms with van der Waals surface area (Å²) < 4.78 is 6.92. The van der Waals surface area contributed by atoms with Crippen molar-refractivity contribution in [1.82, 2.24) is 0 Å². The van der Waals surface area contributed by atoms with E-state index in [9.17, 15) is 0 Å². The van der Waals surface area contributed by atoms with Crippen LogP contribution in [-0.2, 0) is 4.74 Å². The van der Waals surface area contributed by atoms with E-state index in [1.165, 1.54) is 12.8 Å². The van der Waals surface area contributed by atoms with Crippen LogP contribution in [0.5, 0.6) is 0 Å². The summed E-state index contributed by atoms with van der Waals surface area (Å²) in [6, 6.07) is 0. The first-order valence-electron chi connectivity index (χ1n) is 6.21. The van der Waals surface area contributed by atoms with Crippen molar-refractivity contribution in [2.45, 2.75) is 72.1 Å². The fourth-order valence-corrected chi connectivity index (χ4v) is 3.46. The summed E-state index contributed by atoms with van der Waals surface area (Å²) in [7, 11) is 0. The highest BCUT2D eigenvalue weighted by atomic mass is 79.9. The van der Waals surface area contributed by atoms with Gasteiger partial charge in [-0.05, 0) is 25.7 Å². The lowest BCUT2D eigenvalue weighted by Crippen LogP contribution is -2.25. The lowest BCUT2D eigenvalue weighted by Gasteiger charge is -2.25. The molecule has 5 heteroatoms. The van der Waals surface area contributed by atoms with E-state index < -0.39 is 0 Å². The molecule has 0 saturated carbocycles. The summed E-state index contributed by atoms with van der Waals surface area (Å²) >= 11 is 14.2. The summed E-state index contributed by atoms with van der Waals surface area (Å²) in [5.41, 5.74) is 0. The van der Waals surface area contributed by atoms with Crippen molar-refractivity contribution >= 4 is 63.7 Å². The molecule has 1 nitrogen and oxygen atoms in total. The van der Waals surface area contributed by atoms with Crippen LogP contribution in [0, 0.1) is 0 Å².